The molecule has 3 N–H and O–H groups in total. The molecule has 186 valence electrons. The number of esters is 1. The lowest BCUT2D eigenvalue weighted by molar-refractivity contribution is -0.143. The van der Waals surface area contributed by atoms with Crippen molar-refractivity contribution >= 4 is 42.2 Å². The van der Waals surface area contributed by atoms with Gasteiger partial charge in [0, 0.05) is 23.8 Å². The average molecular weight is 497 g/mol. The van der Waals surface area contributed by atoms with Gasteiger partial charge < -0.3 is 20.5 Å². The van der Waals surface area contributed by atoms with Crippen LogP contribution >= 0.6 is 24.4 Å². The van der Waals surface area contributed by atoms with Crippen molar-refractivity contribution in [2.24, 2.45) is 5.73 Å². The first kappa shape index (κ1) is 31.4. The first-order valence-corrected chi connectivity index (χ1v) is 13.2. The molecule has 1 aliphatic rings. The van der Waals surface area contributed by atoms with Gasteiger partial charge in [-0.15, -0.1) is 0 Å². The molecule has 8 heteroatoms. The highest BCUT2D eigenvalue weighted by molar-refractivity contribution is 7.98. The third kappa shape index (κ3) is 12.5. The van der Waals surface area contributed by atoms with E-state index in [0.717, 1.165) is 35.2 Å². The van der Waals surface area contributed by atoms with Crippen molar-refractivity contribution in [2.45, 2.75) is 44.9 Å². The molecule has 0 aromatic heterocycles. The number of ether oxygens (including phenoxy) is 2. The molecule has 1 aromatic carbocycles. The number of thiol groups is 1. The second kappa shape index (κ2) is 19.9. The van der Waals surface area contributed by atoms with Gasteiger partial charge in [0.25, 0.3) is 0 Å². The van der Waals surface area contributed by atoms with E-state index in [-0.39, 0.29) is 24.2 Å². The van der Waals surface area contributed by atoms with Crippen LogP contribution in [0.4, 0.5) is 0 Å². The predicted molar refractivity (Wildman–Crippen MR) is 144 cm³/mol. The van der Waals surface area contributed by atoms with E-state index < -0.39 is 0 Å². The molecule has 1 aliphatic carbocycles. The average Bonchev–Trinajstić information content (AvgIpc) is 2.89. The van der Waals surface area contributed by atoms with Crippen LogP contribution in [0.2, 0.25) is 0 Å². The van der Waals surface area contributed by atoms with E-state index in [2.05, 4.69) is 22.7 Å². The number of allylic oxidation sites excluding steroid dienone is 2. The van der Waals surface area contributed by atoms with Crippen molar-refractivity contribution in [1.29, 1.82) is 0 Å². The Kier molecular flexibility index (Phi) is 18.9. The van der Waals surface area contributed by atoms with Crippen molar-refractivity contribution in [3.05, 3.63) is 53.6 Å². The maximum Gasteiger partial charge on any atom is 0.322 e. The molecule has 1 aromatic rings. The molecule has 3 unspecified atom stereocenters. The fourth-order valence-electron chi connectivity index (χ4n) is 2.89. The van der Waals surface area contributed by atoms with E-state index in [4.69, 9.17) is 10.5 Å². The minimum atomic E-state index is -0.179. The van der Waals surface area contributed by atoms with Crippen LogP contribution in [0, 0.1) is 0 Å². The molecule has 0 spiro atoms. The molecule has 0 radical (unpaired) electrons. The van der Waals surface area contributed by atoms with Crippen molar-refractivity contribution < 1.29 is 19.1 Å². The normalized spacial score (nSPS) is 16.5. The number of methoxy groups -OCH3 is 1. The Morgan fingerprint density at radius 1 is 1.33 bits per heavy atom. The first-order valence-electron chi connectivity index (χ1n) is 11.1. The fraction of sp³-hybridized carbons (Fsp3) is 0.520. The Bertz CT molecular complexity index is 726. The number of hydrogen-bond acceptors (Lipinski definition) is 8. The van der Waals surface area contributed by atoms with Crippen LogP contribution in [0.25, 0.3) is 5.57 Å². The summed E-state index contributed by atoms with van der Waals surface area (Å²) in [7, 11) is 3.17. The highest BCUT2D eigenvalue weighted by atomic mass is 32.2. The van der Waals surface area contributed by atoms with Crippen molar-refractivity contribution in [1.82, 2.24) is 5.32 Å². The van der Waals surface area contributed by atoms with E-state index >= 15 is 0 Å². The molecule has 0 amide bonds. The fourth-order valence-corrected chi connectivity index (χ4v) is 3.47. The van der Waals surface area contributed by atoms with Gasteiger partial charge in [-0.3, -0.25) is 9.59 Å². The van der Waals surface area contributed by atoms with Gasteiger partial charge >= 0.3 is 5.97 Å². The summed E-state index contributed by atoms with van der Waals surface area (Å²) in [6, 6.07) is 9.67. The van der Waals surface area contributed by atoms with E-state index in [1.54, 1.807) is 18.8 Å². The van der Waals surface area contributed by atoms with E-state index in [1.165, 1.54) is 7.11 Å². The maximum absolute atomic E-state index is 11.3. The molecule has 3 atom stereocenters. The monoisotopic (exact) mass is 496 g/mol. The quantitative estimate of drug-likeness (QED) is 0.244. The SMILES string of the molecule is CC.CNC(CCSC)C(=O)OC.NC(CS)COC1C=CC(c2ccccc2)=C(C=O)C1. The Labute approximate surface area is 209 Å². The number of hydrogen-bond donors (Lipinski definition) is 3. The largest absolute Gasteiger partial charge is 0.468 e. The van der Waals surface area contributed by atoms with Gasteiger partial charge in [-0.05, 0) is 36.6 Å². The number of carbonyl (C=O) groups is 2. The summed E-state index contributed by atoms with van der Waals surface area (Å²) >= 11 is 5.85. The number of rotatable bonds is 11. The number of nitrogens with one attached hydrogen (secondary N) is 1. The van der Waals surface area contributed by atoms with E-state index in [0.29, 0.717) is 18.8 Å². The summed E-state index contributed by atoms with van der Waals surface area (Å²) in [5, 5.41) is 2.90. The third-order valence-electron chi connectivity index (χ3n) is 4.68. The molecule has 0 aliphatic heterocycles. The number of aldehydes is 1. The molecular weight excluding hydrogens is 456 g/mol. The molecule has 2 rings (SSSR count). The molecule has 33 heavy (non-hydrogen) atoms. The minimum Gasteiger partial charge on any atom is -0.468 e. The first-order chi connectivity index (χ1) is 16.0. The number of nitrogens with two attached hydrogens (primary N) is 1. The molecule has 0 saturated heterocycles. The standard InChI is InChI=1S/C16H19NO2S.C7H15NO2S.C2H6/c17-14(11-20)10-19-15-6-7-16(13(8-15)9-18)12-4-2-1-3-5-12;1-8-6(4-5-11-3)7(9)10-2;1-2/h1-7,9,14-15,20H,8,10-11,17H2;6,8H,4-5H2,1-3H3;1-2H3. The van der Waals surface area contributed by atoms with Crippen LogP contribution < -0.4 is 11.1 Å². The van der Waals surface area contributed by atoms with Crippen molar-refractivity contribution in [2.75, 3.05) is 38.5 Å². The summed E-state index contributed by atoms with van der Waals surface area (Å²) in [4.78, 5) is 22.3. The summed E-state index contributed by atoms with van der Waals surface area (Å²) in [6.07, 6.45) is 8.20. The van der Waals surface area contributed by atoms with Crippen LogP contribution in [0.5, 0.6) is 0 Å². The Balaban J connectivity index is 0.000000673. The Morgan fingerprint density at radius 2 is 2.00 bits per heavy atom. The molecule has 0 fully saturated rings. The lowest BCUT2D eigenvalue weighted by atomic mass is 9.92. The zero-order valence-corrected chi connectivity index (χ0v) is 22.2. The Hall–Kier alpha value is -1.58. The van der Waals surface area contributed by atoms with Crippen LogP contribution in [0.15, 0.2) is 48.1 Å². The highest BCUT2D eigenvalue weighted by Crippen LogP contribution is 2.27. The van der Waals surface area contributed by atoms with Crippen LogP contribution in [-0.4, -0.2) is 69.0 Å². The van der Waals surface area contributed by atoms with Crippen molar-refractivity contribution in [3.8, 4) is 0 Å². The lowest BCUT2D eigenvalue weighted by Crippen LogP contribution is -2.35. The van der Waals surface area contributed by atoms with Gasteiger partial charge in [-0.1, -0.05) is 56.3 Å². The number of carbonyl (C=O) groups excluding carboxylic acids is 2. The third-order valence-corrected chi connectivity index (χ3v) is 5.79. The number of likely N-dealkylation sites (N-methyl/N-ethyl adjacent to an activating group) is 1. The molecule has 0 heterocycles. The number of thioether (sulfide) groups is 1. The van der Waals surface area contributed by atoms with Crippen LogP contribution in [0.1, 0.15) is 32.3 Å². The molecule has 6 nitrogen and oxygen atoms in total. The van der Waals surface area contributed by atoms with Gasteiger partial charge in [0.2, 0.25) is 0 Å². The van der Waals surface area contributed by atoms with Gasteiger partial charge in [-0.2, -0.15) is 24.4 Å². The second-order valence-corrected chi connectivity index (χ2v) is 8.30. The zero-order chi connectivity index (χ0) is 25.1. The summed E-state index contributed by atoms with van der Waals surface area (Å²) in [5.41, 5.74) is 8.56. The van der Waals surface area contributed by atoms with Gasteiger partial charge in [0.05, 0.1) is 19.8 Å². The van der Waals surface area contributed by atoms with Crippen LogP contribution in [-0.2, 0) is 19.1 Å². The second-order valence-electron chi connectivity index (χ2n) is 6.95. The summed E-state index contributed by atoms with van der Waals surface area (Å²) in [6.45, 7) is 4.45. The molecular formula is C25H40N2O4S2. The van der Waals surface area contributed by atoms with Gasteiger partial charge in [-0.25, -0.2) is 0 Å². The van der Waals surface area contributed by atoms with Crippen LogP contribution in [0.3, 0.4) is 0 Å². The zero-order valence-electron chi connectivity index (χ0n) is 20.5. The number of benzene rings is 1. The lowest BCUT2D eigenvalue weighted by Gasteiger charge is -2.21. The van der Waals surface area contributed by atoms with Gasteiger partial charge in [0.1, 0.15) is 12.3 Å². The molecule has 0 saturated carbocycles. The van der Waals surface area contributed by atoms with E-state index in [9.17, 15) is 9.59 Å². The van der Waals surface area contributed by atoms with Gasteiger partial charge in [0.15, 0.2) is 0 Å². The topological polar surface area (TPSA) is 90.7 Å². The maximum atomic E-state index is 11.3. The molecule has 0 bridgehead atoms. The van der Waals surface area contributed by atoms with Crippen molar-refractivity contribution in [3.63, 3.8) is 0 Å². The highest BCUT2D eigenvalue weighted by Gasteiger charge is 2.18. The minimum absolute atomic E-state index is 0.0779. The predicted octanol–water partition coefficient (Wildman–Crippen LogP) is 3.77. The van der Waals surface area contributed by atoms with E-state index in [1.807, 2.05) is 62.6 Å². The summed E-state index contributed by atoms with van der Waals surface area (Å²) < 4.78 is 10.3. The Morgan fingerprint density at radius 3 is 2.52 bits per heavy atom. The summed E-state index contributed by atoms with van der Waals surface area (Å²) in [5.74, 6) is 1.38. The smallest absolute Gasteiger partial charge is 0.322 e.